The second-order valence-corrected chi connectivity index (χ2v) is 8.61. The minimum atomic E-state index is -0.675. The standard InChI is InChI=1S/C20H28O3/c1-5-18(2)12-13-7-8-15-19(3,14(13)11-16(18)21)9-6-10-20(15,4)17(22)23/h5,11,13,15H,1,6-10,12H2,2-4H3,(H,22,23). The SMILES string of the molecule is C=CC1(C)CC2CCC3C(C)(C(=O)O)CCCC3(C)C2=CC1=O. The molecule has 126 valence electrons. The van der Waals surface area contributed by atoms with Gasteiger partial charge >= 0.3 is 5.97 Å². The molecule has 0 amide bonds. The summed E-state index contributed by atoms with van der Waals surface area (Å²) in [6, 6.07) is 0. The zero-order valence-electron chi connectivity index (χ0n) is 14.5. The van der Waals surface area contributed by atoms with E-state index in [1.165, 1.54) is 5.57 Å². The van der Waals surface area contributed by atoms with Crippen LogP contribution in [0.5, 0.6) is 0 Å². The minimum absolute atomic E-state index is 0.129. The van der Waals surface area contributed by atoms with E-state index in [1.807, 2.05) is 19.9 Å². The summed E-state index contributed by atoms with van der Waals surface area (Å²) in [4.78, 5) is 24.6. The molecular weight excluding hydrogens is 288 g/mol. The zero-order valence-corrected chi connectivity index (χ0v) is 14.5. The lowest BCUT2D eigenvalue weighted by Crippen LogP contribution is -2.53. The number of hydrogen-bond acceptors (Lipinski definition) is 2. The highest BCUT2D eigenvalue weighted by molar-refractivity contribution is 5.97. The summed E-state index contributed by atoms with van der Waals surface area (Å²) in [5.41, 5.74) is -0.0411. The summed E-state index contributed by atoms with van der Waals surface area (Å²) in [5, 5.41) is 9.82. The van der Waals surface area contributed by atoms with Crippen LogP contribution in [-0.2, 0) is 9.59 Å². The van der Waals surface area contributed by atoms with Crippen molar-refractivity contribution >= 4 is 11.8 Å². The fourth-order valence-corrected chi connectivity index (χ4v) is 5.70. The smallest absolute Gasteiger partial charge is 0.309 e. The Kier molecular flexibility index (Phi) is 3.62. The van der Waals surface area contributed by atoms with Crippen molar-refractivity contribution in [2.45, 2.75) is 59.3 Å². The van der Waals surface area contributed by atoms with E-state index in [-0.39, 0.29) is 17.1 Å². The number of ketones is 1. The van der Waals surface area contributed by atoms with Crippen molar-refractivity contribution in [3.8, 4) is 0 Å². The molecule has 3 aliphatic rings. The quantitative estimate of drug-likeness (QED) is 0.769. The molecule has 3 aliphatic carbocycles. The number of carbonyl (C=O) groups is 2. The predicted molar refractivity (Wildman–Crippen MR) is 89.9 cm³/mol. The van der Waals surface area contributed by atoms with Gasteiger partial charge in [-0.25, -0.2) is 0 Å². The van der Waals surface area contributed by atoms with Gasteiger partial charge in [0.05, 0.1) is 5.41 Å². The number of fused-ring (bicyclic) bond motifs is 3. The number of carbonyl (C=O) groups excluding carboxylic acids is 1. The second-order valence-electron chi connectivity index (χ2n) is 8.61. The van der Waals surface area contributed by atoms with Crippen LogP contribution in [0.2, 0.25) is 0 Å². The van der Waals surface area contributed by atoms with Crippen molar-refractivity contribution in [1.29, 1.82) is 0 Å². The maximum Gasteiger partial charge on any atom is 0.309 e. The van der Waals surface area contributed by atoms with E-state index < -0.39 is 16.8 Å². The third kappa shape index (κ3) is 2.15. The van der Waals surface area contributed by atoms with Gasteiger partial charge in [-0.3, -0.25) is 9.59 Å². The van der Waals surface area contributed by atoms with E-state index in [2.05, 4.69) is 13.5 Å². The van der Waals surface area contributed by atoms with E-state index in [1.54, 1.807) is 6.08 Å². The lowest BCUT2D eigenvalue weighted by Gasteiger charge is -2.57. The number of rotatable bonds is 2. The van der Waals surface area contributed by atoms with Crippen LogP contribution in [0.1, 0.15) is 59.3 Å². The summed E-state index contributed by atoms with van der Waals surface area (Å²) < 4.78 is 0. The van der Waals surface area contributed by atoms with Crippen molar-refractivity contribution in [2.75, 3.05) is 0 Å². The van der Waals surface area contributed by atoms with Gasteiger partial charge in [-0.2, -0.15) is 0 Å². The summed E-state index contributed by atoms with van der Waals surface area (Å²) in [5.74, 6) is -0.00787. The molecule has 5 unspecified atom stereocenters. The molecule has 3 nitrogen and oxygen atoms in total. The lowest BCUT2D eigenvalue weighted by atomic mass is 9.46. The summed E-state index contributed by atoms with van der Waals surface area (Å²) in [7, 11) is 0. The lowest BCUT2D eigenvalue weighted by molar-refractivity contribution is -0.160. The monoisotopic (exact) mass is 316 g/mol. The third-order valence-electron chi connectivity index (χ3n) is 7.29. The molecule has 0 bridgehead atoms. The molecule has 0 saturated heterocycles. The Bertz CT molecular complexity index is 604. The van der Waals surface area contributed by atoms with Crippen molar-refractivity contribution < 1.29 is 14.7 Å². The normalized spacial score (nSPS) is 46.4. The van der Waals surface area contributed by atoms with Crippen LogP contribution < -0.4 is 0 Å². The van der Waals surface area contributed by atoms with Crippen molar-refractivity contribution in [3.05, 3.63) is 24.3 Å². The summed E-state index contributed by atoms with van der Waals surface area (Å²) >= 11 is 0. The van der Waals surface area contributed by atoms with E-state index in [4.69, 9.17) is 0 Å². The highest BCUT2D eigenvalue weighted by atomic mass is 16.4. The second kappa shape index (κ2) is 5.06. The first kappa shape index (κ1) is 16.5. The molecule has 0 aromatic heterocycles. The average molecular weight is 316 g/mol. The Morgan fingerprint density at radius 1 is 1.30 bits per heavy atom. The molecule has 0 aromatic carbocycles. The summed E-state index contributed by atoms with van der Waals surface area (Å²) in [6.07, 6.45) is 9.09. The first-order valence-electron chi connectivity index (χ1n) is 8.81. The predicted octanol–water partition coefficient (Wildman–Crippen LogP) is 4.39. The van der Waals surface area contributed by atoms with Crippen LogP contribution in [0.15, 0.2) is 24.3 Å². The van der Waals surface area contributed by atoms with E-state index >= 15 is 0 Å². The largest absolute Gasteiger partial charge is 0.481 e. The van der Waals surface area contributed by atoms with Crippen LogP contribution in [0.3, 0.4) is 0 Å². The van der Waals surface area contributed by atoms with Crippen LogP contribution >= 0.6 is 0 Å². The van der Waals surface area contributed by atoms with Gasteiger partial charge in [-0.05, 0) is 69.3 Å². The van der Waals surface area contributed by atoms with Gasteiger partial charge in [-0.1, -0.05) is 25.0 Å². The molecular formula is C20H28O3. The van der Waals surface area contributed by atoms with E-state index in [0.29, 0.717) is 5.92 Å². The molecule has 0 aliphatic heterocycles. The molecule has 0 radical (unpaired) electrons. The highest BCUT2D eigenvalue weighted by Gasteiger charge is 2.58. The van der Waals surface area contributed by atoms with Crippen LogP contribution in [-0.4, -0.2) is 16.9 Å². The van der Waals surface area contributed by atoms with Gasteiger partial charge in [-0.15, -0.1) is 6.58 Å². The highest BCUT2D eigenvalue weighted by Crippen LogP contribution is 2.63. The topological polar surface area (TPSA) is 54.4 Å². The molecule has 3 rings (SSSR count). The molecule has 2 fully saturated rings. The molecule has 3 heteroatoms. The van der Waals surface area contributed by atoms with E-state index in [0.717, 1.165) is 38.5 Å². The first-order chi connectivity index (χ1) is 10.7. The van der Waals surface area contributed by atoms with Crippen LogP contribution in [0.4, 0.5) is 0 Å². The minimum Gasteiger partial charge on any atom is -0.481 e. The molecule has 2 saturated carbocycles. The Labute approximate surface area is 138 Å². The van der Waals surface area contributed by atoms with Gasteiger partial charge in [0.15, 0.2) is 5.78 Å². The number of aliphatic carboxylic acids is 1. The molecule has 1 N–H and O–H groups in total. The summed E-state index contributed by atoms with van der Waals surface area (Å²) in [6.45, 7) is 9.96. The maximum absolute atomic E-state index is 12.6. The molecule has 0 heterocycles. The first-order valence-corrected chi connectivity index (χ1v) is 8.81. The van der Waals surface area contributed by atoms with Gasteiger partial charge in [0.1, 0.15) is 0 Å². The number of carboxylic acid groups (broad SMARTS) is 1. The molecule has 23 heavy (non-hydrogen) atoms. The Hall–Kier alpha value is -1.38. The number of allylic oxidation sites excluding steroid dienone is 3. The number of carboxylic acids is 1. The van der Waals surface area contributed by atoms with E-state index in [9.17, 15) is 14.7 Å². The van der Waals surface area contributed by atoms with Crippen molar-refractivity contribution in [2.24, 2.45) is 28.1 Å². The molecule has 0 spiro atoms. The van der Waals surface area contributed by atoms with Crippen molar-refractivity contribution in [1.82, 2.24) is 0 Å². The Morgan fingerprint density at radius 3 is 2.61 bits per heavy atom. The van der Waals surface area contributed by atoms with Crippen molar-refractivity contribution in [3.63, 3.8) is 0 Å². The van der Waals surface area contributed by atoms with Gasteiger partial charge in [0.2, 0.25) is 0 Å². The Morgan fingerprint density at radius 2 is 2.00 bits per heavy atom. The van der Waals surface area contributed by atoms with Crippen LogP contribution in [0, 0.1) is 28.1 Å². The average Bonchev–Trinajstić information content (AvgIpc) is 2.49. The van der Waals surface area contributed by atoms with Gasteiger partial charge in [0, 0.05) is 5.41 Å². The number of hydrogen-bond donors (Lipinski definition) is 1. The third-order valence-corrected chi connectivity index (χ3v) is 7.29. The van der Waals surface area contributed by atoms with Gasteiger partial charge in [0.25, 0.3) is 0 Å². The fraction of sp³-hybridized carbons (Fsp3) is 0.700. The van der Waals surface area contributed by atoms with Gasteiger partial charge < -0.3 is 5.11 Å². The molecule has 0 aromatic rings. The Balaban J connectivity index is 2.06. The maximum atomic E-state index is 12.6. The van der Waals surface area contributed by atoms with Crippen LogP contribution in [0.25, 0.3) is 0 Å². The zero-order chi connectivity index (χ0) is 17.0. The molecule has 5 atom stereocenters. The fourth-order valence-electron chi connectivity index (χ4n) is 5.70.